The van der Waals surface area contributed by atoms with Gasteiger partial charge in [-0.15, -0.1) is 5.10 Å². The van der Waals surface area contributed by atoms with Crippen molar-refractivity contribution in [3.63, 3.8) is 0 Å². The fourth-order valence-electron chi connectivity index (χ4n) is 1.78. The second kappa shape index (κ2) is 4.41. The fourth-order valence-corrected chi connectivity index (χ4v) is 1.78. The maximum atomic E-state index is 5.66. The molecular formula is C9H16N4O. The Kier molecular flexibility index (Phi) is 2.98. The SMILES string of the molecule is Nc1cnn(COC2CCCCC2)n1. The maximum Gasteiger partial charge on any atom is 0.166 e. The van der Waals surface area contributed by atoms with E-state index in [-0.39, 0.29) is 0 Å². The fraction of sp³-hybridized carbons (Fsp3) is 0.778. The monoisotopic (exact) mass is 196 g/mol. The Hall–Kier alpha value is -1.10. The number of nitrogens with zero attached hydrogens (tertiary/aromatic N) is 3. The molecule has 1 aromatic rings. The summed E-state index contributed by atoms with van der Waals surface area (Å²) in [5.41, 5.74) is 5.44. The molecular weight excluding hydrogens is 180 g/mol. The highest BCUT2D eigenvalue weighted by Gasteiger charge is 2.13. The van der Waals surface area contributed by atoms with Gasteiger partial charge in [0, 0.05) is 0 Å². The van der Waals surface area contributed by atoms with E-state index in [2.05, 4.69) is 10.2 Å². The third-order valence-corrected chi connectivity index (χ3v) is 2.53. The third kappa shape index (κ3) is 2.45. The Morgan fingerprint density at radius 1 is 1.43 bits per heavy atom. The van der Waals surface area contributed by atoms with E-state index >= 15 is 0 Å². The first kappa shape index (κ1) is 9.45. The van der Waals surface area contributed by atoms with Crippen LogP contribution in [0.25, 0.3) is 0 Å². The molecule has 0 bridgehead atoms. The second-order valence-corrected chi connectivity index (χ2v) is 3.70. The van der Waals surface area contributed by atoms with Crippen LogP contribution in [-0.4, -0.2) is 21.1 Å². The van der Waals surface area contributed by atoms with E-state index in [1.54, 1.807) is 0 Å². The highest BCUT2D eigenvalue weighted by Crippen LogP contribution is 2.20. The summed E-state index contributed by atoms with van der Waals surface area (Å²) in [5.74, 6) is 0.442. The van der Waals surface area contributed by atoms with Gasteiger partial charge < -0.3 is 10.5 Å². The second-order valence-electron chi connectivity index (χ2n) is 3.70. The zero-order valence-corrected chi connectivity index (χ0v) is 8.22. The number of aromatic nitrogens is 3. The van der Waals surface area contributed by atoms with E-state index in [1.807, 2.05) is 0 Å². The molecule has 2 N–H and O–H groups in total. The van der Waals surface area contributed by atoms with Gasteiger partial charge in [-0.25, -0.2) is 0 Å². The maximum absolute atomic E-state index is 5.66. The predicted octanol–water partition coefficient (Wildman–Crippen LogP) is 1.17. The zero-order valence-electron chi connectivity index (χ0n) is 8.22. The van der Waals surface area contributed by atoms with E-state index in [9.17, 15) is 0 Å². The van der Waals surface area contributed by atoms with Gasteiger partial charge in [0.25, 0.3) is 0 Å². The van der Waals surface area contributed by atoms with Gasteiger partial charge in [-0.2, -0.15) is 9.90 Å². The van der Waals surface area contributed by atoms with Crippen molar-refractivity contribution in [2.75, 3.05) is 5.73 Å². The molecule has 0 radical (unpaired) electrons. The summed E-state index contributed by atoms with van der Waals surface area (Å²) in [7, 11) is 0. The minimum atomic E-state index is 0.385. The Morgan fingerprint density at radius 3 is 2.86 bits per heavy atom. The molecule has 1 saturated carbocycles. The van der Waals surface area contributed by atoms with E-state index in [1.165, 1.54) is 30.3 Å². The van der Waals surface area contributed by atoms with Gasteiger partial charge in [0.1, 0.15) is 0 Å². The van der Waals surface area contributed by atoms with E-state index < -0.39 is 0 Å². The molecule has 78 valence electrons. The van der Waals surface area contributed by atoms with Gasteiger partial charge in [-0.05, 0) is 12.8 Å². The average Bonchev–Trinajstić information content (AvgIpc) is 2.63. The molecule has 2 rings (SSSR count). The van der Waals surface area contributed by atoms with Crippen LogP contribution in [0.2, 0.25) is 0 Å². The van der Waals surface area contributed by atoms with Gasteiger partial charge in [0.15, 0.2) is 12.5 Å². The molecule has 1 aromatic heterocycles. The van der Waals surface area contributed by atoms with Crippen LogP contribution in [0.4, 0.5) is 5.82 Å². The third-order valence-electron chi connectivity index (χ3n) is 2.53. The molecule has 1 heterocycles. The first-order valence-corrected chi connectivity index (χ1v) is 5.12. The number of anilines is 1. The number of nitrogen functional groups attached to an aromatic ring is 1. The summed E-state index contributed by atoms with van der Waals surface area (Å²) in [5, 5.41) is 7.91. The van der Waals surface area contributed by atoms with Gasteiger partial charge in [0.2, 0.25) is 0 Å². The van der Waals surface area contributed by atoms with Crippen LogP contribution in [0.5, 0.6) is 0 Å². The molecule has 1 aliphatic carbocycles. The highest BCUT2D eigenvalue weighted by molar-refractivity contribution is 5.19. The van der Waals surface area contributed by atoms with E-state index in [0.717, 1.165) is 12.8 Å². The minimum Gasteiger partial charge on any atom is -0.381 e. The zero-order chi connectivity index (χ0) is 9.80. The molecule has 5 nitrogen and oxygen atoms in total. The topological polar surface area (TPSA) is 66.0 Å². The summed E-state index contributed by atoms with van der Waals surface area (Å²) >= 11 is 0. The Balaban J connectivity index is 1.76. The Labute approximate surface area is 83.2 Å². The molecule has 0 unspecified atom stereocenters. The quantitative estimate of drug-likeness (QED) is 0.788. The summed E-state index contributed by atoms with van der Waals surface area (Å²) in [4.78, 5) is 1.49. The van der Waals surface area contributed by atoms with E-state index in [4.69, 9.17) is 10.5 Å². The average molecular weight is 196 g/mol. The molecule has 0 saturated heterocycles. The summed E-state index contributed by atoms with van der Waals surface area (Å²) < 4.78 is 5.66. The van der Waals surface area contributed by atoms with Crippen molar-refractivity contribution in [1.82, 2.24) is 15.0 Å². The van der Waals surface area contributed by atoms with Gasteiger partial charge in [-0.1, -0.05) is 19.3 Å². The van der Waals surface area contributed by atoms with Crippen molar-refractivity contribution in [3.05, 3.63) is 6.20 Å². The Bertz CT molecular complexity index is 280. The van der Waals surface area contributed by atoms with Crippen LogP contribution in [0.3, 0.4) is 0 Å². The summed E-state index contributed by atoms with van der Waals surface area (Å²) in [6.45, 7) is 0.419. The lowest BCUT2D eigenvalue weighted by Crippen LogP contribution is -2.19. The number of nitrogens with two attached hydrogens (primary N) is 1. The number of hydrogen-bond donors (Lipinski definition) is 1. The van der Waals surface area contributed by atoms with Gasteiger partial charge in [0.05, 0.1) is 12.3 Å². The molecule has 0 amide bonds. The smallest absolute Gasteiger partial charge is 0.166 e. The summed E-state index contributed by atoms with van der Waals surface area (Å²) in [6, 6.07) is 0. The van der Waals surface area contributed by atoms with Crippen molar-refractivity contribution in [1.29, 1.82) is 0 Å². The van der Waals surface area contributed by atoms with Crippen LogP contribution in [-0.2, 0) is 11.5 Å². The largest absolute Gasteiger partial charge is 0.381 e. The molecule has 1 aliphatic rings. The van der Waals surface area contributed by atoms with Gasteiger partial charge in [-0.3, -0.25) is 0 Å². The first-order chi connectivity index (χ1) is 6.84. The lowest BCUT2D eigenvalue weighted by atomic mass is 9.98. The molecule has 0 aromatic carbocycles. The van der Waals surface area contributed by atoms with Crippen LogP contribution >= 0.6 is 0 Å². The normalized spacial score (nSPS) is 18.6. The molecule has 0 aliphatic heterocycles. The van der Waals surface area contributed by atoms with Crippen LogP contribution in [0, 0.1) is 0 Å². The first-order valence-electron chi connectivity index (χ1n) is 5.12. The van der Waals surface area contributed by atoms with E-state index in [0.29, 0.717) is 18.7 Å². The molecule has 14 heavy (non-hydrogen) atoms. The molecule has 5 heteroatoms. The Morgan fingerprint density at radius 2 is 2.21 bits per heavy atom. The lowest BCUT2D eigenvalue weighted by molar-refractivity contribution is -0.0235. The molecule has 0 spiro atoms. The number of hydrogen-bond acceptors (Lipinski definition) is 4. The van der Waals surface area contributed by atoms with Crippen molar-refractivity contribution in [2.24, 2.45) is 0 Å². The molecule has 0 atom stereocenters. The van der Waals surface area contributed by atoms with Crippen molar-refractivity contribution >= 4 is 5.82 Å². The van der Waals surface area contributed by atoms with Crippen molar-refractivity contribution in [3.8, 4) is 0 Å². The van der Waals surface area contributed by atoms with Crippen LogP contribution in [0.1, 0.15) is 32.1 Å². The highest BCUT2D eigenvalue weighted by atomic mass is 16.5. The van der Waals surface area contributed by atoms with Crippen molar-refractivity contribution in [2.45, 2.75) is 44.9 Å². The number of rotatable bonds is 3. The minimum absolute atomic E-state index is 0.385. The van der Waals surface area contributed by atoms with Crippen molar-refractivity contribution < 1.29 is 4.74 Å². The predicted molar refractivity (Wildman–Crippen MR) is 52.4 cm³/mol. The summed E-state index contributed by atoms with van der Waals surface area (Å²) in [6.07, 6.45) is 8.14. The van der Waals surface area contributed by atoms with Crippen LogP contribution in [0.15, 0.2) is 6.20 Å². The lowest BCUT2D eigenvalue weighted by Gasteiger charge is -2.21. The van der Waals surface area contributed by atoms with Gasteiger partial charge >= 0.3 is 0 Å². The molecule has 1 fully saturated rings. The standard InChI is InChI=1S/C9H16N4O/c10-9-6-11-13(12-9)7-14-8-4-2-1-3-5-8/h6,8H,1-5,7H2,(H2,10,12). The number of ether oxygens (including phenoxy) is 1. The van der Waals surface area contributed by atoms with Crippen LogP contribution < -0.4 is 5.73 Å².